The average molecular weight is 377 g/mol. The van der Waals surface area contributed by atoms with Gasteiger partial charge in [0.25, 0.3) is 0 Å². The van der Waals surface area contributed by atoms with Gasteiger partial charge in [-0.05, 0) is 69.4 Å². The Morgan fingerprint density at radius 2 is 1.79 bits per heavy atom. The molecule has 0 saturated carbocycles. The molecule has 3 nitrogen and oxygen atoms in total. The van der Waals surface area contributed by atoms with Crippen molar-refractivity contribution in [2.24, 2.45) is 0 Å². The van der Waals surface area contributed by atoms with Crippen molar-refractivity contribution in [1.82, 2.24) is 4.98 Å². The number of aromatic nitrogens is 1. The van der Waals surface area contributed by atoms with Gasteiger partial charge in [0.1, 0.15) is 23.1 Å². The predicted octanol–water partition coefficient (Wildman–Crippen LogP) is 6.27. The Bertz CT molecular complexity index is 983. The van der Waals surface area contributed by atoms with E-state index >= 15 is 0 Å². The summed E-state index contributed by atoms with van der Waals surface area (Å²) in [5, 5.41) is 0. The normalized spacial score (nSPS) is 13.1. The van der Waals surface area contributed by atoms with Gasteiger partial charge >= 0.3 is 0 Å². The summed E-state index contributed by atoms with van der Waals surface area (Å²) in [4.78, 5) is 4.88. The molecular formula is C24H24FNO2. The topological polar surface area (TPSA) is 31.4 Å². The highest BCUT2D eigenvalue weighted by Gasteiger charge is 2.22. The first-order valence-corrected chi connectivity index (χ1v) is 9.84. The molecule has 144 valence electrons. The molecule has 0 aliphatic heterocycles. The summed E-state index contributed by atoms with van der Waals surface area (Å²) in [6.07, 6.45) is 4.41. The molecule has 1 heterocycles. The number of hydrogen-bond donors (Lipinski definition) is 0. The third-order valence-corrected chi connectivity index (χ3v) is 5.07. The molecule has 0 atom stereocenters. The molecule has 0 N–H and O–H groups in total. The third kappa shape index (κ3) is 3.72. The monoisotopic (exact) mass is 377 g/mol. The van der Waals surface area contributed by atoms with Crippen molar-refractivity contribution in [2.45, 2.75) is 39.5 Å². The molecule has 0 saturated heterocycles. The lowest BCUT2D eigenvalue weighted by Crippen LogP contribution is -2.11. The van der Waals surface area contributed by atoms with Crippen LogP contribution in [0.2, 0.25) is 0 Å². The lowest BCUT2D eigenvalue weighted by Gasteiger charge is -2.23. The van der Waals surface area contributed by atoms with E-state index in [4.69, 9.17) is 14.5 Å². The van der Waals surface area contributed by atoms with Gasteiger partial charge in [-0.2, -0.15) is 0 Å². The lowest BCUT2D eigenvalue weighted by molar-refractivity contribution is 0.335. The van der Waals surface area contributed by atoms with Gasteiger partial charge in [-0.25, -0.2) is 4.39 Å². The Balaban J connectivity index is 1.69. The van der Waals surface area contributed by atoms with Gasteiger partial charge in [-0.15, -0.1) is 0 Å². The summed E-state index contributed by atoms with van der Waals surface area (Å²) in [7, 11) is 0. The van der Waals surface area contributed by atoms with Gasteiger partial charge in [0.2, 0.25) is 0 Å². The fourth-order valence-corrected chi connectivity index (χ4v) is 3.83. The highest BCUT2D eigenvalue weighted by molar-refractivity contribution is 5.75. The number of aryl methyl sites for hydroxylation is 2. The van der Waals surface area contributed by atoms with Crippen LogP contribution in [0.3, 0.4) is 0 Å². The molecule has 0 radical (unpaired) electrons. The molecule has 4 rings (SSSR count). The third-order valence-electron chi connectivity index (χ3n) is 5.07. The minimum Gasteiger partial charge on any atom is -0.493 e. The molecule has 0 bridgehead atoms. The number of nitrogens with zero attached hydrogens (tertiary/aromatic N) is 1. The van der Waals surface area contributed by atoms with E-state index in [1.807, 2.05) is 38.1 Å². The smallest absolute Gasteiger partial charge is 0.133 e. The molecule has 1 aromatic heterocycles. The molecule has 3 aromatic rings. The van der Waals surface area contributed by atoms with Crippen LogP contribution in [0.4, 0.5) is 4.39 Å². The zero-order valence-corrected chi connectivity index (χ0v) is 16.3. The molecule has 0 fully saturated rings. The van der Waals surface area contributed by atoms with Gasteiger partial charge in [0, 0.05) is 28.6 Å². The summed E-state index contributed by atoms with van der Waals surface area (Å²) < 4.78 is 25.2. The molecule has 2 aromatic carbocycles. The number of hydrogen-bond acceptors (Lipinski definition) is 3. The van der Waals surface area contributed by atoms with E-state index in [1.54, 1.807) is 12.1 Å². The minimum absolute atomic E-state index is 0.314. The molecule has 1 aliphatic rings. The van der Waals surface area contributed by atoms with E-state index < -0.39 is 0 Å². The van der Waals surface area contributed by atoms with Crippen molar-refractivity contribution in [3.8, 4) is 28.4 Å². The van der Waals surface area contributed by atoms with Crippen molar-refractivity contribution >= 4 is 0 Å². The maximum absolute atomic E-state index is 13.4. The van der Waals surface area contributed by atoms with E-state index in [1.165, 1.54) is 36.2 Å². The maximum atomic E-state index is 13.4. The van der Waals surface area contributed by atoms with Crippen LogP contribution in [0.25, 0.3) is 11.1 Å². The van der Waals surface area contributed by atoms with Crippen LogP contribution in [0.5, 0.6) is 17.2 Å². The predicted molar refractivity (Wildman–Crippen MR) is 109 cm³/mol. The zero-order valence-electron chi connectivity index (χ0n) is 16.3. The largest absolute Gasteiger partial charge is 0.493 e. The number of ether oxygens (including phenoxy) is 2. The van der Waals surface area contributed by atoms with Crippen LogP contribution < -0.4 is 9.47 Å². The Morgan fingerprint density at radius 3 is 2.54 bits per heavy atom. The number of pyridine rings is 1. The second-order valence-electron chi connectivity index (χ2n) is 7.05. The van der Waals surface area contributed by atoms with E-state index in [-0.39, 0.29) is 5.82 Å². The van der Waals surface area contributed by atoms with Crippen molar-refractivity contribution in [3.05, 3.63) is 71.3 Å². The zero-order chi connectivity index (χ0) is 19.5. The molecule has 0 unspecified atom stereocenters. The van der Waals surface area contributed by atoms with Crippen molar-refractivity contribution in [2.75, 3.05) is 6.61 Å². The highest BCUT2D eigenvalue weighted by atomic mass is 19.1. The van der Waals surface area contributed by atoms with Crippen molar-refractivity contribution in [3.63, 3.8) is 0 Å². The standard InChI is InChI=1S/C24H24FNO2/c1-3-27-24-21-9-4-5-10-22(21)26-16(2)23(24)17-11-13-19(14-12-17)28-20-8-6-7-18(25)15-20/h6-8,11-15H,3-5,9-10H2,1-2H3. The molecule has 0 spiro atoms. The van der Waals surface area contributed by atoms with Crippen molar-refractivity contribution < 1.29 is 13.9 Å². The van der Waals surface area contributed by atoms with Gasteiger partial charge in [0.15, 0.2) is 0 Å². The van der Waals surface area contributed by atoms with Crippen LogP contribution in [0.15, 0.2) is 48.5 Å². The van der Waals surface area contributed by atoms with E-state index in [0.717, 1.165) is 35.4 Å². The Labute approximate surface area is 165 Å². The first kappa shape index (κ1) is 18.5. The highest BCUT2D eigenvalue weighted by Crippen LogP contribution is 2.40. The maximum Gasteiger partial charge on any atom is 0.133 e. The fourth-order valence-electron chi connectivity index (χ4n) is 3.83. The average Bonchev–Trinajstić information content (AvgIpc) is 2.69. The van der Waals surface area contributed by atoms with Crippen LogP contribution >= 0.6 is 0 Å². The Morgan fingerprint density at radius 1 is 1.00 bits per heavy atom. The quantitative estimate of drug-likeness (QED) is 0.525. The second kappa shape index (κ2) is 8.01. The molecule has 0 amide bonds. The van der Waals surface area contributed by atoms with Crippen LogP contribution in [0, 0.1) is 12.7 Å². The summed E-state index contributed by atoms with van der Waals surface area (Å²) in [6.45, 7) is 4.69. The van der Waals surface area contributed by atoms with E-state index in [2.05, 4.69) is 0 Å². The summed E-state index contributed by atoms with van der Waals surface area (Å²) in [6, 6.07) is 14.0. The van der Waals surface area contributed by atoms with Gasteiger partial charge in [0.05, 0.1) is 6.61 Å². The number of benzene rings is 2. The van der Waals surface area contributed by atoms with Gasteiger partial charge < -0.3 is 9.47 Å². The molecular weight excluding hydrogens is 353 g/mol. The summed E-state index contributed by atoms with van der Waals surface area (Å²) in [5.74, 6) is 1.81. The lowest BCUT2D eigenvalue weighted by atomic mass is 9.91. The van der Waals surface area contributed by atoms with E-state index in [0.29, 0.717) is 18.1 Å². The SMILES string of the molecule is CCOc1c2c(nc(C)c1-c1ccc(Oc3cccc(F)c3)cc1)CCCC2. The molecule has 4 heteroatoms. The summed E-state index contributed by atoms with van der Waals surface area (Å²) in [5.41, 5.74) is 5.53. The van der Waals surface area contributed by atoms with Crippen LogP contribution in [-0.2, 0) is 12.8 Å². The molecule has 28 heavy (non-hydrogen) atoms. The number of rotatable bonds is 5. The first-order valence-electron chi connectivity index (χ1n) is 9.84. The van der Waals surface area contributed by atoms with Gasteiger partial charge in [-0.1, -0.05) is 18.2 Å². The van der Waals surface area contributed by atoms with Crippen molar-refractivity contribution in [1.29, 1.82) is 0 Å². The first-order chi connectivity index (χ1) is 13.7. The number of halogens is 1. The number of fused-ring (bicyclic) bond motifs is 1. The van der Waals surface area contributed by atoms with E-state index in [9.17, 15) is 4.39 Å². The molecule has 1 aliphatic carbocycles. The van der Waals surface area contributed by atoms with Crippen LogP contribution in [0.1, 0.15) is 36.7 Å². The summed E-state index contributed by atoms with van der Waals surface area (Å²) >= 11 is 0. The Kier molecular flexibility index (Phi) is 5.29. The minimum atomic E-state index is -0.314. The van der Waals surface area contributed by atoms with Gasteiger partial charge in [-0.3, -0.25) is 4.98 Å². The van der Waals surface area contributed by atoms with Crippen LogP contribution in [-0.4, -0.2) is 11.6 Å². The second-order valence-corrected chi connectivity index (χ2v) is 7.05. The fraction of sp³-hybridized carbons (Fsp3) is 0.292. The Hall–Kier alpha value is -2.88.